The van der Waals surface area contributed by atoms with Crippen LogP contribution in [0, 0.1) is 5.92 Å². The molecule has 3 N–H and O–H groups in total. The van der Waals surface area contributed by atoms with Crippen LogP contribution in [0.25, 0.3) is 0 Å². The molecule has 0 aliphatic heterocycles. The van der Waals surface area contributed by atoms with Gasteiger partial charge in [0.2, 0.25) is 5.91 Å². The molecule has 0 heterocycles. The first-order valence-electron chi connectivity index (χ1n) is 7.01. The molecule has 5 heteroatoms. The highest BCUT2D eigenvalue weighted by molar-refractivity contribution is 5.81. The summed E-state index contributed by atoms with van der Waals surface area (Å²) in [6.07, 6.45) is 4.42. The van der Waals surface area contributed by atoms with Gasteiger partial charge in [-0.25, -0.2) is 0 Å². The first kappa shape index (κ1) is 15.4. The Morgan fingerprint density at radius 2 is 2.10 bits per heavy atom. The van der Waals surface area contributed by atoms with Gasteiger partial charge in [0, 0.05) is 17.7 Å². The molecule has 1 aliphatic rings. The van der Waals surface area contributed by atoms with Crippen LogP contribution >= 0.6 is 0 Å². The number of ether oxygens (including phenoxy) is 2. The van der Waals surface area contributed by atoms with Crippen molar-refractivity contribution in [2.45, 2.75) is 25.4 Å². The zero-order chi connectivity index (χ0) is 15.4. The summed E-state index contributed by atoms with van der Waals surface area (Å²) in [6.45, 7) is 1.93. The highest BCUT2D eigenvalue weighted by Crippen LogP contribution is 2.29. The third-order valence-electron chi connectivity index (χ3n) is 3.72. The lowest BCUT2D eigenvalue weighted by Crippen LogP contribution is -2.32. The average molecular weight is 290 g/mol. The van der Waals surface area contributed by atoms with Crippen LogP contribution in [0.5, 0.6) is 11.5 Å². The van der Waals surface area contributed by atoms with E-state index >= 15 is 0 Å². The van der Waals surface area contributed by atoms with Crippen molar-refractivity contribution in [2.24, 2.45) is 11.7 Å². The van der Waals surface area contributed by atoms with Crippen molar-refractivity contribution >= 4 is 5.91 Å². The Labute approximate surface area is 125 Å². The number of methoxy groups -OCH3 is 2. The summed E-state index contributed by atoms with van der Waals surface area (Å²) in [5.41, 5.74) is 6.70. The second-order valence-electron chi connectivity index (χ2n) is 5.23. The van der Waals surface area contributed by atoms with Gasteiger partial charge in [0.1, 0.15) is 11.5 Å². The Kier molecular flexibility index (Phi) is 4.85. The van der Waals surface area contributed by atoms with Gasteiger partial charge in [-0.05, 0) is 25.5 Å². The predicted molar refractivity (Wildman–Crippen MR) is 81.3 cm³/mol. The Morgan fingerprint density at radius 1 is 1.33 bits per heavy atom. The molecule has 3 atom stereocenters. The summed E-state index contributed by atoms with van der Waals surface area (Å²) in [5.74, 6) is 1.26. The van der Waals surface area contributed by atoms with Crippen LogP contribution < -0.4 is 20.5 Å². The molecule has 0 saturated carbocycles. The summed E-state index contributed by atoms with van der Waals surface area (Å²) in [6, 6.07) is 5.39. The molecule has 0 radical (unpaired) electrons. The summed E-state index contributed by atoms with van der Waals surface area (Å²) < 4.78 is 10.5. The maximum Gasteiger partial charge on any atom is 0.227 e. The van der Waals surface area contributed by atoms with Crippen LogP contribution in [0.1, 0.15) is 24.9 Å². The van der Waals surface area contributed by atoms with Crippen molar-refractivity contribution in [3.8, 4) is 11.5 Å². The van der Waals surface area contributed by atoms with Gasteiger partial charge in [-0.1, -0.05) is 12.2 Å². The van der Waals surface area contributed by atoms with E-state index in [1.165, 1.54) is 0 Å². The van der Waals surface area contributed by atoms with Gasteiger partial charge in [0.25, 0.3) is 0 Å². The molecule has 1 aromatic carbocycles. The summed E-state index contributed by atoms with van der Waals surface area (Å²) >= 11 is 0. The van der Waals surface area contributed by atoms with Crippen LogP contribution in [0.15, 0.2) is 30.4 Å². The Bertz CT molecular complexity index is 542. The number of amides is 1. The monoisotopic (exact) mass is 290 g/mol. The van der Waals surface area contributed by atoms with Crippen molar-refractivity contribution in [2.75, 3.05) is 14.2 Å². The molecule has 0 bridgehead atoms. The van der Waals surface area contributed by atoms with Crippen molar-refractivity contribution in [1.29, 1.82) is 0 Å². The van der Waals surface area contributed by atoms with Gasteiger partial charge in [0.15, 0.2) is 0 Å². The van der Waals surface area contributed by atoms with Crippen molar-refractivity contribution in [1.82, 2.24) is 5.32 Å². The van der Waals surface area contributed by atoms with E-state index in [2.05, 4.69) is 5.32 Å². The maximum atomic E-state index is 12.2. The minimum atomic E-state index is -0.149. The summed E-state index contributed by atoms with van der Waals surface area (Å²) in [4.78, 5) is 12.2. The molecule has 3 unspecified atom stereocenters. The first-order valence-corrected chi connectivity index (χ1v) is 7.01. The van der Waals surface area contributed by atoms with Gasteiger partial charge >= 0.3 is 0 Å². The van der Waals surface area contributed by atoms with E-state index in [1.807, 2.05) is 37.3 Å². The number of hydrogen-bond acceptors (Lipinski definition) is 4. The molecule has 0 spiro atoms. The minimum Gasteiger partial charge on any atom is -0.497 e. The molecule has 1 aliphatic carbocycles. The molecule has 5 nitrogen and oxygen atoms in total. The molecule has 0 saturated heterocycles. The fraction of sp³-hybridized carbons (Fsp3) is 0.438. The molecule has 114 valence electrons. The quantitative estimate of drug-likeness (QED) is 0.811. The van der Waals surface area contributed by atoms with Crippen molar-refractivity contribution < 1.29 is 14.3 Å². The third-order valence-corrected chi connectivity index (χ3v) is 3.72. The van der Waals surface area contributed by atoms with E-state index in [0.29, 0.717) is 12.2 Å². The number of nitrogens with two attached hydrogens (primary N) is 1. The van der Waals surface area contributed by atoms with E-state index in [4.69, 9.17) is 15.2 Å². The van der Waals surface area contributed by atoms with E-state index < -0.39 is 0 Å². The third kappa shape index (κ3) is 3.55. The van der Waals surface area contributed by atoms with Crippen LogP contribution in [0.3, 0.4) is 0 Å². The van der Waals surface area contributed by atoms with E-state index in [9.17, 15) is 4.79 Å². The minimum absolute atomic E-state index is 0.00966. The second kappa shape index (κ2) is 6.63. The highest BCUT2D eigenvalue weighted by Gasteiger charge is 2.24. The zero-order valence-electron chi connectivity index (χ0n) is 12.6. The number of hydrogen-bond donors (Lipinski definition) is 2. The summed E-state index contributed by atoms with van der Waals surface area (Å²) in [7, 11) is 3.21. The topological polar surface area (TPSA) is 73.6 Å². The van der Waals surface area contributed by atoms with E-state index in [1.54, 1.807) is 14.2 Å². The predicted octanol–water partition coefficient (Wildman–Crippen LogP) is 1.78. The summed E-state index contributed by atoms with van der Waals surface area (Å²) in [5, 5.41) is 3.00. The molecule has 1 aromatic rings. The number of benzene rings is 1. The largest absolute Gasteiger partial charge is 0.497 e. The van der Waals surface area contributed by atoms with Crippen LogP contribution in [0.4, 0.5) is 0 Å². The van der Waals surface area contributed by atoms with E-state index in [0.717, 1.165) is 11.3 Å². The van der Waals surface area contributed by atoms with Crippen LogP contribution in [-0.2, 0) is 4.79 Å². The molecule has 2 rings (SSSR count). The van der Waals surface area contributed by atoms with Crippen molar-refractivity contribution in [3.05, 3.63) is 35.9 Å². The fourth-order valence-electron chi connectivity index (χ4n) is 2.50. The molecule has 0 fully saturated rings. The van der Waals surface area contributed by atoms with Crippen LogP contribution in [-0.4, -0.2) is 26.2 Å². The van der Waals surface area contributed by atoms with E-state index in [-0.39, 0.29) is 23.9 Å². The number of carbonyl (C=O) groups excluding carboxylic acids is 1. The molecule has 21 heavy (non-hydrogen) atoms. The Morgan fingerprint density at radius 3 is 2.67 bits per heavy atom. The Hall–Kier alpha value is -2.01. The van der Waals surface area contributed by atoms with Gasteiger partial charge in [0.05, 0.1) is 26.2 Å². The van der Waals surface area contributed by atoms with Gasteiger partial charge < -0.3 is 20.5 Å². The molecular weight excluding hydrogens is 268 g/mol. The lowest BCUT2D eigenvalue weighted by atomic mass is 10.0. The average Bonchev–Trinajstić information content (AvgIpc) is 2.93. The highest BCUT2D eigenvalue weighted by atomic mass is 16.5. The van der Waals surface area contributed by atoms with Gasteiger partial charge in [-0.3, -0.25) is 4.79 Å². The lowest BCUT2D eigenvalue weighted by molar-refractivity contribution is -0.124. The second-order valence-corrected chi connectivity index (χ2v) is 5.23. The molecule has 1 amide bonds. The smallest absolute Gasteiger partial charge is 0.227 e. The van der Waals surface area contributed by atoms with Crippen molar-refractivity contribution in [3.63, 3.8) is 0 Å². The lowest BCUT2D eigenvalue weighted by Gasteiger charge is -2.20. The fourth-order valence-corrected chi connectivity index (χ4v) is 2.50. The van der Waals surface area contributed by atoms with Gasteiger partial charge in [-0.15, -0.1) is 0 Å². The number of nitrogens with one attached hydrogen (secondary N) is 1. The Balaban J connectivity index is 2.07. The standard InChI is InChI=1S/C16H22N2O3/c1-10(18-16(19)11-4-5-12(17)8-11)14-7-6-13(20-2)9-15(14)21-3/h4-7,9-12H,8,17H2,1-3H3,(H,18,19). The molecular formula is C16H22N2O3. The normalized spacial score (nSPS) is 21.9. The van der Waals surface area contributed by atoms with Crippen LogP contribution in [0.2, 0.25) is 0 Å². The first-order chi connectivity index (χ1) is 10.0. The number of carbonyl (C=O) groups is 1. The zero-order valence-corrected chi connectivity index (χ0v) is 12.6. The molecule has 0 aromatic heterocycles. The SMILES string of the molecule is COc1ccc(C(C)NC(=O)C2C=CC(N)C2)c(OC)c1. The van der Waals surface area contributed by atoms with Gasteiger partial charge in [-0.2, -0.15) is 0 Å². The maximum absolute atomic E-state index is 12.2. The number of rotatable bonds is 5.